The van der Waals surface area contributed by atoms with Gasteiger partial charge in [0.25, 0.3) is 5.91 Å². The average Bonchev–Trinajstić information content (AvgIpc) is 2.56. The number of carbonyl (C=O) groups excluding carboxylic acids is 2. The summed E-state index contributed by atoms with van der Waals surface area (Å²) in [5.74, 6) is -2.12. The highest BCUT2D eigenvalue weighted by Gasteiger charge is 2.15. The number of rotatable bonds is 4. The molecule has 2 aromatic rings. The first-order valence-corrected chi connectivity index (χ1v) is 6.96. The second kappa shape index (κ2) is 7.30. The van der Waals surface area contributed by atoms with Crippen LogP contribution in [0.15, 0.2) is 41.3 Å². The largest absolute Gasteiger partial charge is 0.358 e. The van der Waals surface area contributed by atoms with Gasteiger partial charge in [0.05, 0.1) is 6.20 Å². The van der Waals surface area contributed by atoms with Crippen molar-refractivity contribution in [3.05, 3.63) is 58.4 Å². The van der Waals surface area contributed by atoms with Crippen LogP contribution in [0.25, 0.3) is 0 Å². The van der Waals surface area contributed by atoms with E-state index >= 15 is 0 Å². The maximum absolute atomic E-state index is 14.0. The molecule has 2 rings (SSSR count). The van der Waals surface area contributed by atoms with Crippen molar-refractivity contribution in [2.45, 2.75) is 13.3 Å². The zero-order valence-corrected chi connectivity index (χ0v) is 12.4. The van der Waals surface area contributed by atoms with Crippen molar-refractivity contribution >= 4 is 17.8 Å². The number of anilines is 1. The minimum Gasteiger partial charge on any atom is -0.337 e. The molecule has 120 valence electrons. The maximum atomic E-state index is 14.0. The van der Waals surface area contributed by atoms with E-state index in [1.54, 1.807) is 18.2 Å². The van der Waals surface area contributed by atoms with E-state index in [9.17, 15) is 18.8 Å². The summed E-state index contributed by atoms with van der Waals surface area (Å²) in [6, 6.07) is 7.32. The summed E-state index contributed by atoms with van der Waals surface area (Å²) in [6.07, 6.45) is 1.36. The Hall–Kier alpha value is -3.03. The predicted octanol–water partition coefficient (Wildman–Crippen LogP) is 1.60. The lowest BCUT2D eigenvalue weighted by Gasteiger charge is -2.08. The molecule has 0 aliphatic heterocycles. The standard InChI is InChI=1S/C15H15FN4O3/c1-2-8-17-14(22)20-9-11(16)12(19-15(20)23)18-13(21)10-6-4-3-5-7-10/h3-7,9H,2,8H2,1H3,(H,17,22)(H,18,19,21,23). The Labute approximate surface area is 131 Å². The van der Waals surface area contributed by atoms with Crippen LogP contribution < -0.4 is 16.3 Å². The van der Waals surface area contributed by atoms with E-state index in [0.29, 0.717) is 29.3 Å². The Morgan fingerprint density at radius 3 is 2.61 bits per heavy atom. The molecule has 0 saturated carbocycles. The highest BCUT2D eigenvalue weighted by atomic mass is 19.1. The molecule has 0 radical (unpaired) electrons. The van der Waals surface area contributed by atoms with Crippen molar-refractivity contribution < 1.29 is 14.0 Å². The highest BCUT2D eigenvalue weighted by Crippen LogP contribution is 2.09. The van der Waals surface area contributed by atoms with Gasteiger partial charge >= 0.3 is 11.7 Å². The maximum Gasteiger partial charge on any atom is 0.358 e. The van der Waals surface area contributed by atoms with Crippen molar-refractivity contribution in [2.75, 3.05) is 11.9 Å². The predicted molar refractivity (Wildman–Crippen MR) is 81.9 cm³/mol. The molecule has 7 nitrogen and oxygen atoms in total. The molecule has 1 aromatic heterocycles. The highest BCUT2D eigenvalue weighted by molar-refractivity contribution is 6.03. The summed E-state index contributed by atoms with van der Waals surface area (Å²) in [5, 5.41) is 4.64. The number of aromatic nitrogens is 2. The Morgan fingerprint density at radius 2 is 1.96 bits per heavy atom. The molecule has 0 spiro atoms. The van der Waals surface area contributed by atoms with Crippen LogP contribution in [0, 0.1) is 5.82 Å². The third-order valence-corrected chi connectivity index (χ3v) is 2.90. The second-order valence-corrected chi connectivity index (χ2v) is 4.64. The fourth-order valence-corrected chi connectivity index (χ4v) is 1.75. The number of benzene rings is 1. The number of amides is 2. The van der Waals surface area contributed by atoms with Gasteiger partial charge in [-0.25, -0.2) is 18.5 Å². The molecule has 23 heavy (non-hydrogen) atoms. The third-order valence-electron chi connectivity index (χ3n) is 2.90. The SMILES string of the molecule is CCCNC(=O)n1cc(F)c(NC(=O)c2ccccc2)nc1=O. The minimum atomic E-state index is -0.986. The summed E-state index contributed by atoms with van der Waals surface area (Å²) < 4.78 is 14.5. The molecule has 0 saturated heterocycles. The normalized spacial score (nSPS) is 10.2. The van der Waals surface area contributed by atoms with E-state index in [2.05, 4.69) is 15.6 Å². The van der Waals surface area contributed by atoms with E-state index in [4.69, 9.17) is 0 Å². The van der Waals surface area contributed by atoms with Crippen molar-refractivity contribution in [3.8, 4) is 0 Å². The Morgan fingerprint density at radius 1 is 1.26 bits per heavy atom. The van der Waals surface area contributed by atoms with Crippen LogP contribution in [0.3, 0.4) is 0 Å². The van der Waals surface area contributed by atoms with Crippen molar-refractivity contribution in [1.82, 2.24) is 14.9 Å². The molecule has 0 atom stereocenters. The van der Waals surface area contributed by atoms with Gasteiger partial charge in [0.2, 0.25) is 0 Å². The molecule has 0 aliphatic carbocycles. The molecule has 2 amide bonds. The van der Waals surface area contributed by atoms with E-state index < -0.39 is 29.3 Å². The monoisotopic (exact) mass is 318 g/mol. The molecule has 2 N–H and O–H groups in total. The number of carbonyl (C=O) groups is 2. The van der Waals surface area contributed by atoms with Crippen LogP contribution in [-0.4, -0.2) is 28.0 Å². The molecule has 0 aliphatic rings. The van der Waals surface area contributed by atoms with Gasteiger partial charge in [-0.1, -0.05) is 25.1 Å². The quantitative estimate of drug-likeness (QED) is 0.895. The molecule has 0 bridgehead atoms. The van der Waals surface area contributed by atoms with Crippen LogP contribution in [-0.2, 0) is 0 Å². The average molecular weight is 318 g/mol. The molecular formula is C15H15FN4O3. The van der Waals surface area contributed by atoms with E-state index in [0.717, 1.165) is 0 Å². The van der Waals surface area contributed by atoms with Gasteiger partial charge < -0.3 is 10.6 Å². The van der Waals surface area contributed by atoms with Crippen LogP contribution in [0.1, 0.15) is 23.7 Å². The molecule has 8 heteroatoms. The van der Waals surface area contributed by atoms with Crippen molar-refractivity contribution in [3.63, 3.8) is 0 Å². The summed E-state index contributed by atoms with van der Waals surface area (Å²) in [5.41, 5.74) is -0.693. The zero-order chi connectivity index (χ0) is 16.8. The Bertz CT molecular complexity index is 774. The van der Waals surface area contributed by atoms with Crippen LogP contribution in [0.2, 0.25) is 0 Å². The first-order chi connectivity index (χ1) is 11.0. The minimum absolute atomic E-state index is 0.290. The topological polar surface area (TPSA) is 93.1 Å². The van der Waals surface area contributed by atoms with E-state index in [-0.39, 0.29) is 0 Å². The molecule has 0 fully saturated rings. The Kier molecular flexibility index (Phi) is 5.19. The van der Waals surface area contributed by atoms with Gasteiger partial charge in [-0.15, -0.1) is 0 Å². The zero-order valence-electron chi connectivity index (χ0n) is 12.4. The Balaban J connectivity index is 2.22. The molecular weight excluding hydrogens is 303 g/mol. The summed E-state index contributed by atoms with van der Waals surface area (Å²) in [6.45, 7) is 2.18. The first kappa shape index (κ1) is 16.3. The van der Waals surface area contributed by atoms with Crippen LogP contribution in [0.5, 0.6) is 0 Å². The smallest absolute Gasteiger partial charge is 0.337 e. The summed E-state index contributed by atoms with van der Waals surface area (Å²) in [4.78, 5) is 38.8. The van der Waals surface area contributed by atoms with E-state index in [1.807, 2.05) is 6.92 Å². The van der Waals surface area contributed by atoms with E-state index in [1.165, 1.54) is 12.1 Å². The van der Waals surface area contributed by atoms with Crippen molar-refractivity contribution in [1.29, 1.82) is 0 Å². The lowest BCUT2D eigenvalue weighted by molar-refractivity contribution is 0.102. The number of nitrogens with zero attached hydrogens (tertiary/aromatic N) is 2. The fourth-order valence-electron chi connectivity index (χ4n) is 1.75. The van der Waals surface area contributed by atoms with Gasteiger partial charge in [0, 0.05) is 12.1 Å². The van der Waals surface area contributed by atoms with Crippen LogP contribution >= 0.6 is 0 Å². The number of hydrogen-bond acceptors (Lipinski definition) is 4. The van der Waals surface area contributed by atoms with Gasteiger partial charge in [-0.2, -0.15) is 4.98 Å². The van der Waals surface area contributed by atoms with Gasteiger partial charge in [0.1, 0.15) is 0 Å². The third kappa shape index (κ3) is 4.00. The fraction of sp³-hybridized carbons (Fsp3) is 0.200. The van der Waals surface area contributed by atoms with Crippen LogP contribution in [0.4, 0.5) is 15.0 Å². The number of nitrogens with one attached hydrogen (secondary N) is 2. The van der Waals surface area contributed by atoms with Gasteiger partial charge in [0.15, 0.2) is 11.6 Å². The second-order valence-electron chi connectivity index (χ2n) is 4.64. The molecule has 1 heterocycles. The molecule has 0 unspecified atom stereocenters. The number of hydrogen-bond donors (Lipinski definition) is 2. The van der Waals surface area contributed by atoms with Crippen molar-refractivity contribution in [2.24, 2.45) is 0 Å². The van der Waals surface area contributed by atoms with Gasteiger partial charge in [-0.05, 0) is 18.6 Å². The summed E-state index contributed by atoms with van der Waals surface area (Å²) in [7, 11) is 0. The summed E-state index contributed by atoms with van der Waals surface area (Å²) >= 11 is 0. The molecule has 1 aromatic carbocycles. The number of halogens is 1. The lowest BCUT2D eigenvalue weighted by Crippen LogP contribution is -2.38. The first-order valence-electron chi connectivity index (χ1n) is 6.96. The van der Waals surface area contributed by atoms with Gasteiger partial charge in [-0.3, -0.25) is 4.79 Å². The lowest BCUT2D eigenvalue weighted by atomic mass is 10.2.